The molecule has 2 N–H and O–H groups in total. The molecule has 2 rings (SSSR count). The lowest BCUT2D eigenvalue weighted by Crippen LogP contribution is -2.27. The zero-order valence-corrected chi connectivity index (χ0v) is 11.6. The summed E-state index contributed by atoms with van der Waals surface area (Å²) in [7, 11) is 0. The van der Waals surface area contributed by atoms with E-state index in [4.69, 9.17) is 11.6 Å². The number of rotatable bonds is 6. The minimum absolute atomic E-state index is 0.0298. The molecule has 1 aromatic heterocycles. The van der Waals surface area contributed by atoms with E-state index in [1.54, 1.807) is 6.20 Å². The van der Waals surface area contributed by atoms with Gasteiger partial charge in [-0.05, 0) is 19.8 Å². The highest BCUT2D eigenvalue weighted by Crippen LogP contribution is 2.25. The molecule has 1 aliphatic rings. The standard InChI is InChI=1S/C11H15ClN4OS/c1-2-13-11-14-5-8(12)10(16-11)18-6-9(17)15-7-3-4-7/h5,7H,2-4,6H2,1H3,(H,15,17)(H,13,14,16). The molecule has 0 unspecified atom stereocenters. The quantitative estimate of drug-likeness (QED) is 0.618. The van der Waals surface area contributed by atoms with Crippen molar-refractivity contribution in [3.05, 3.63) is 11.2 Å². The van der Waals surface area contributed by atoms with Gasteiger partial charge in [-0.2, -0.15) is 0 Å². The minimum atomic E-state index is 0.0298. The first kappa shape index (κ1) is 13.4. The smallest absolute Gasteiger partial charge is 0.230 e. The molecule has 98 valence electrons. The fourth-order valence-electron chi connectivity index (χ4n) is 1.33. The molecule has 7 heteroatoms. The molecule has 0 aromatic carbocycles. The first-order valence-corrected chi connectivity index (χ1v) is 7.24. The topological polar surface area (TPSA) is 66.9 Å². The van der Waals surface area contributed by atoms with E-state index in [0.717, 1.165) is 19.4 Å². The maximum Gasteiger partial charge on any atom is 0.230 e. The van der Waals surface area contributed by atoms with Crippen LogP contribution in [0.2, 0.25) is 5.02 Å². The number of aromatic nitrogens is 2. The Hall–Kier alpha value is -1.01. The minimum Gasteiger partial charge on any atom is -0.354 e. The summed E-state index contributed by atoms with van der Waals surface area (Å²) in [6, 6.07) is 0.385. The average molecular weight is 287 g/mol. The molecule has 18 heavy (non-hydrogen) atoms. The molecule has 0 aliphatic heterocycles. The van der Waals surface area contributed by atoms with E-state index < -0.39 is 0 Å². The third kappa shape index (κ3) is 4.03. The first-order chi connectivity index (χ1) is 8.69. The summed E-state index contributed by atoms with van der Waals surface area (Å²) in [5.74, 6) is 0.896. The Bertz CT molecular complexity index is 439. The predicted molar refractivity (Wildman–Crippen MR) is 73.1 cm³/mol. The summed E-state index contributed by atoms with van der Waals surface area (Å²) in [5, 5.41) is 7.04. The Morgan fingerprint density at radius 2 is 2.39 bits per heavy atom. The number of amides is 1. The zero-order valence-electron chi connectivity index (χ0n) is 10.1. The van der Waals surface area contributed by atoms with Gasteiger partial charge in [0.15, 0.2) is 0 Å². The maximum absolute atomic E-state index is 11.6. The van der Waals surface area contributed by atoms with Gasteiger partial charge < -0.3 is 10.6 Å². The van der Waals surface area contributed by atoms with E-state index >= 15 is 0 Å². The second-order valence-electron chi connectivity index (χ2n) is 4.01. The van der Waals surface area contributed by atoms with Crippen molar-refractivity contribution in [2.24, 2.45) is 0 Å². The number of nitrogens with zero attached hydrogens (tertiary/aromatic N) is 2. The second-order valence-corrected chi connectivity index (χ2v) is 5.38. The number of carbonyl (C=O) groups is 1. The van der Waals surface area contributed by atoms with Crippen molar-refractivity contribution in [3.63, 3.8) is 0 Å². The third-order valence-corrected chi connectivity index (χ3v) is 3.71. The lowest BCUT2D eigenvalue weighted by atomic mass is 10.6. The second kappa shape index (κ2) is 6.24. The predicted octanol–water partition coefficient (Wildman–Crippen LogP) is 1.93. The average Bonchev–Trinajstić information content (AvgIpc) is 3.14. The summed E-state index contributed by atoms with van der Waals surface area (Å²) in [4.78, 5) is 19.9. The van der Waals surface area contributed by atoms with Crippen LogP contribution >= 0.6 is 23.4 Å². The van der Waals surface area contributed by atoms with Gasteiger partial charge in [-0.15, -0.1) is 0 Å². The molecule has 0 radical (unpaired) electrons. The van der Waals surface area contributed by atoms with Crippen LogP contribution in [0.25, 0.3) is 0 Å². The van der Waals surface area contributed by atoms with Crippen LogP contribution in [0.1, 0.15) is 19.8 Å². The van der Waals surface area contributed by atoms with Crippen molar-refractivity contribution < 1.29 is 4.79 Å². The molecule has 1 saturated carbocycles. The summed E-state index contributed by atoms with van der Waals surface area (Å²) in [5.41, 5.74) is 0. The van der Waals surface area contributed by atoms with Crippen LogP contribution in [0.4, 0.5) is 5.95 Å². The first-order valence-electron chi connectivity index (χ1n) is 5.87. The van der Waals surface area contributed by atoms with Crippen LogP contribution < -0.4 is 10.6 Å². The van der Waals surface area contributed by atoms with E-state index in [2.05, 4.69) is 20.6 Å². The fraction of sp³-hybridized carbons (Fsp3) is 0.545. The van der Waals surface area contributed by atoms with Crippen LogP contribution in [0, 0.1) is 0 Å². The highest BCUT2D eigenvalue weighted by atomic mass is 35.5. The van der Waals surface area contributed by atoms with Crippen LogP contribution in [-0.2, 0) is 4.79 Å². The number of nitrogens with one attached hydrogen (secondary N) is 2. The number of halogens is 1. The molecule has 1 heterocycles. The van der Waals surface area contributed by atoms with E-state index in [0.29, 0.717) is 27.8 Å². The lowest BCUT2D eigenvalue weighted by molar-refractivity contribution is -0.118. The van der Waals surface area contributed by atoms with E-state index in [9.17, 15) is 4.79 Å². The van der Waals surface area contributed by atoms with Gasteiger partial charge in [0.2, 0.25) is 11.9 Å². The molecule has 1 aliphatic carbocycles. The Balaban J connectivity index is 1.90. The monoisotopic (exact) mass is 286 g/mol. The highest BCUT2D eigenvalue weighted by Gasteiger charge is 2.23. The van der Waals surface area contributed by atoms with Crippen LogP contribution in [0.3, 0.4) is 0 Å². The number of hydrogen-bond donors (Lipinski definition) is 2. The maximum atomic E-state index is 11.6. The van der Waals surface area contributed by atoms with E-state index in [1.807, 2.05) is 6.92 Å². The van der Waals surface area contributed by atoms with E-state index in [-0.39, 0.29) is 5.91 Å². The molecule has 0 spiro atoms. The third-order valence-electron chi connectivity index (χ3n) is 2.33. The van der Waals surface area contributed by atoms with Gasteiger partial charge >= 0.3 is 0 Å². The number of anilines is 1. The van der Waals surface area contributed by atoms with Crippen LogP contribution in [-0.4, -0.2) is 34.2 Å². The lowest BCUT2D eigenvalue weighted by Gasteiger charge is -2.06. The van der Waals surface area contributed by atoms with Crippen molar-refractivity contribution in [2.45, 2.75) is 30.8 Å². The van der Waals surface area contributed by atoms with Gasteiger partial charge in [0.05, 0.1) is 17.0 Å². The van der Waals surface area contributed by atoms with Gasteiger partial charge in [-0.3, -0.25) is 4.79 Å². The SMILES string of the molecule is CCNc1ncc(Cl)c(SCC(=O)NC2CC2)n1. The molecule has 0 saturated heterocycles. The molecular weight excluding hydrogens is 272 g/mol. The molecule has 0 bridgehead atoms. The molecular formula is C11H15ClN4OS. The Morgan fingerprint density at radius 3 is 3.06 bits per heavy atom. The van der Waals surface area contributed by atoms with Crippen LogP contribution in [0.15, 0.2) is 11.2 Å². The van der Waals surface area contributed by atoms with Gasteiger partial charge in [0.1, 0.15) is 5.03 Å². The molecule has 5 nitrogen and oxygen atoms in total. The Kier molecular flexibility index (Phi) is 4.66. The number of carbonyl (C=O) groups excluding carboxylic acids is 1. The summed E-state index contributed by atoms with van der Waals surface area (Å²) >= 11 is 7.32. The van der Waals surface area contributed by atoms with Crippen molar-refractivity contribution in [3.8, 4) is 0 Å². The van der Waals surface area contributed by atoms with E-state index in [1.165, 1.54) is 11.8 Å². The molecule has 1 fully saturated rings. The highest BCUT2D eigenvalue weighted by molar-refractivity contribution is 8.00. The van der Waals surface area contributed by atoms with Crippen molar-refractivity contribution in [1.82, 2.24) is 15.3 Å². The van der Waals surface area contributed by atoms with Gasteiger partial charge in [0.25, 0.3) is 0 Å². The summed E-state index contributed by atoms with van der Waals surface area (Å²) < 4.78 is 0. The summed E-state index contributed by atoms with van der Waals surface area (Å²) in [6.07, 6.45) is 3.73. The number of hydrogen-bond acceptors (Lipinski definition) is 5. The number of thioether (sulfide) groups is 1. The van der Waals surface area contributed by atoms with Crippen molar-refractivity contribution >= 4 is 35.2 Å². The largest absolute Gasteiger partial charge is 0.354 e. The van der Waals surface area contributed by atoms with Crippen LogP contribution in [0.5, 0.6) is 0 Å². The Morgan fingerprint density at radius 1 is 1.61 bits per heavy atom. The zero-order chi connectivity index (χ0) is 13.0. The molecule has 1 amide bonds. The van der Waals surface area contributed by atoms with Gasteiger partial charge in [0, 0.05) is 12.6 Å². The summed E-state index contributed by atoms with van der Waals surface area (Å²) in [6.45, 7) is 2.71. The van der Waals surface area contributed by atoms with Crippen molar-refractivity contribution in [2.75, 3.05) is 17.6 Å². The Labute approximate surface area is 115 Å². The normalized spacial score (nSPS) is 14.3. The fourth-order valence-corrected chi connectivity index (χ4v) is 2.27. The molecule has 0 atom stereocenters. The van der Waals surface area contributed by atoms with Gasteiger partial charge in [-0.1, -0.05) is 23.4 Å². The van der Waals surface area contributed by atoms with Gasteiger partial charge in [-0.25, -0.2) is 9.97 Å². The molecule has 1 aromatic rings. The van der Waals surface area contributed by atoms with Crippen molar-refractivity contribution in [1.29, 1.82) is 0 Å².